The molecule has 1 aromatic rings. The Labute approximate surface area is 96.5 Å². The van der Waals surface area contributed by atoms with E-state index in [1.54, 1.807) is 12.3 Å². The minimum Gasteiger partial charge on any atom is -0.480 e. The summed E-state index contributed by atoms with van der Waals surface area (Å²) in [6.45, 7) is 1.96. The lowest BCUT2D eigenvalue weighted by Crippen LogP contribution is -2.40. The van der Waals surface area contributed by atoms with Crippen LogP contribution in [0.5, 0.6) is 0 Å². The van der Waals surface area contributed by atoms with Crippen LogP contribution in [0, 0.1) is 0 Å². The van der Waals surface area contributed by atoms with Crippen molar-refractivity contribution in [3.05, 3.63) is 16.1 Å². The minimum atomic E-state index is -1.05. The Morgan fingerprint density at radius 3 is 2.81 bits per heavy atom. The molecule has 88 valence electrons. The van der Waals surface area contributed by atoms with Crippen molar-refractivity contribution in [1.82, 2.24) is 10.3 Å². The number of carbonyl (C=O) groups is 2. The molecule has 6 nitrogen and oxygen atoms in total. The number of nitrogens with zero attached hydrogens (tertiary/aromatic N) is 1. The van der Waals surface area contributed by atoms with Crippen LogP contribution >= 0.6 is 11.3 Å². The van der Waals surface area contributed by atoms with Gasteiger partial charge in [0.25, 0.3) is 5.91 Å². The molecule has 1 amide bonds. The fourth-order valence-corrected chi connectivity index (χ4v) is 1.73. The number of aliphatic carboxylic acids is 1. The van der Waals surface area contributed by atoms with Crippen molar-refractivity contribution in [3.8, 4) is 0 Å². The average Bonchev–Trinajstić information content (AvgIpc) is 2.73. The molecule has 0 fully saturated rings. The second-order valence-electron chi connectivity index (χ2n) is 3.10. The van der Waals surface area contributed by atoms with Gasteiger partial charge in [0.2, 0.25) is 0 Å². The van der Waals surface area contributed by atoms with Gasteiger partial charge in [0, 0.05) is 11.9 Å². The summed E-state index contributed by atoms with van der Waals surface area (Å²) in [4.78, 5) is 26.2. The molecule has 0 saturated heterocycles. The second-order valence-corrected chi connectivity index (χ2v) is 4.05. The van der Waals surface area contributed by atoms with Crippen LogP contribution in [0.15, 0.2) is 5.38 Å². The molecule has 1 rings (SSSR count). The first-order chi connectivity index (χ1) is 7.58. The summed E-state index contributed by atoms with van der Waals surface area (Å²) in [5, 5.41) is 13.4. The second kappa shape index (κ2) is 5.57. The number of hydrogen-bond acceptors (Lipinski definition) is 5. The van der Waals surface area contributed by atoms with E-state index in [4.69, 9.17) is 10.8 Å². The van der Waals surface area contributed by atoms with E-state index in [1.807, 2.05) is 0 Å². The van der Waals surface area contributed by atoms with Gasteiger partial charge in [-0.2, -0.15) is 0 Å². The lowest BCUT2D eigenvalue weighted by Gasteiger charge is -2.10. The van der Waals surface area contributed by atoms with Gasteiger partial charge >= 0.3 is 5.97 Å². The first-order valence-electron chi connectivity index (χ1n) is 4.76. The van der Waals surface area contributed by atoms with Gasteiger partial charge in [-0.15, -0.1) is 11.3 Å². The summed E-state index contributed by atoms with van der Waals surface area (Å²) >= 11 is 1.28. The van der Waals surface area contributed by atoms with Crippen LogP contribution in [0.4, 0.5) is 0 Å². The van der Waals surface area contributed by atoms with Gasteiger partial charge in [0.05, 0.1) is 0 Å². The molecule has 0 radical (unpaired) electrons. The van der Waals surface area contributed by atoms with Crippen molar-refractivity contribution in [3.63, 3.8) is 0 Å². The molecular weight excluding hydrogens is 230 g/mol. The molecule has 0 bridgehead atoms. The Balaban J connectivity index is 2.67. The van der Waals surface area contributed by atoms with E-state index in [9.17, 15) is 9.59 Å². The van der Waals surface area contributed by atoms with Crippen LogP contribution in [0.2, 0.25) is 0 Å². The number of thiazole rings is 1. The molecule has 0 spiro atoms. The molecule has 0 unspecified atom stereocenters. The third-order valence-electron chi connectivity index (χ3n) is 1.97. The normalized spacial score (nSPS) is 12.1. The van der Waals surface area contributed by atoms with Crippen molar-refractivity contribution in [2.24, 2.45) is 5.73 Å². The number of carbonyl (C=O) groups excluding carboxylic acids is 1. The number of carboxylic acids is 1. The zero-order chi connectivity index (χ0) is 12.1. The van der Waals surface area contributed by atoms with Gasteiger partial charge in [0.15, 0.2) is 0 Å². The summed E-state index contributed by atoms with van der Waals surface area (Å²) in [6, 6.07) is -0.879. The molecular formula is C9H13N3O3S. The first kappa shape index (κ1) is 12.6. The summed E-state index contributed by atoms with van der Waals surface area (Å²) in [5.74, 6) is -1.53. The van der Waals surface area contributed by atoms with Crippen LogP contribution in [0.1, 0.15) is 28.8 Å². The van der Waals surface area contributed by atoms with Gasteiger partial charge < -0.3 is 16.2 Å². The third kappa shape index (κ3) is 3.01. The molecule has 7 heteroatoms. The molecule has 0 aliphatic heterocycles. The summed E-state index contributed by atoms with van der Waals surface area (Å²) < 4.78 is 0. The van der Waals surface area contributed by atoms with Crippen LogP contribution in [0.3, 0.4) is 0 Å². The largest absolute Gasteiger partial charge is 0.480 e. The van der Waals surface area contributed by atoms with Gasteiger partial charge in [-0.25, -0.2) is 9.78 Å². The molecule has 0 aliphatic rings. The van der Waals surface area contributed by atoms with E-state index in [1.165, 1.54) is 11.3 Å². The highest BCUT2D eigenvalue weighted by molar-refractivity contribution is 7.09. The fraction of sp³-hybridized carbons (Fsp3) is 0.444. The zero-order valence-corrected chi connectivity index (χ0v) is 9.58. The molecule has 0 aromatic carbocycles. The lowest BCUT2D eigenvalue weighted by atomic mass is 10.2. The van der Waals surface area contributed by atoms with Gasteiger partial charge in [0.1, 0.15) is 16.7 Å². The molecule has 1 atom stereocenters. The molecule has 4 N–H and O–H groups in total. The topological polar surface area (TPSA) is 105 Å². The molecule has 0 saturated carbocycles. The van der Waals surface area contributed by atoms with E-state index < -0.39 is 17.9 Å². The maximum absolute atomic E-state index is 11.6. The number of aromatic nitrogens is 1. The van der Waals surface area contributed by atoms with Crippen molar-refractivity contribution in [2.45, 2.75) is 25.9 Å². The van der Waals surface area contributed by atoms with Crippen LogP contribution < -0.4 is 11.1 Å². The quantitative estimate of drug-likeness (QED) is 0.684. The predicted molar refractivity (Wildman–Crippen MR) is 59.2 cm³/mol. The minimum absolute atomic E-state index is 0.213. The number of rotatable bonds is 5. The molecule has 1 aromatic heterocycles. The Morgan fingerprint density at radius 2 is 2.38 bits per heavy atom. The van der Waals surface area contributed by atoms with Crippen molar-refractivity contribution in [2.75, 3.05) is 0 Å². The van der Waals surface area contributed by atoms with Gasteiger partial charge in [-0.1, -0.05) is 6.92 Å². The van der Waals surface area contributed by atoms with Gasteiger partial charge in [-0.3, -0.25) is 4.79 Å². The SMILES string of the molecule is CC[C@H](NC(=O)c1csc(CN)n1)C(=O)O. The zero-order valence-electron chi connectivity index (χ0n) is 8.77. The monoisotopic (exact) mass is 243 g/mol. The third-order valence-corrected chi connectivity index (χ3v) is 2.84. The highest BCUT2D eigenvalue weighted by Crippen LogP contribution is 2.09. The van der Waals surface area contributed by atoms with Crippen LogP contribution in [0.25, 0.3) is 0 Å². The highest BCUT2D eigenvalue weighted by atomic mass is 32.1. The standard InChI is InChI=1S/C9H13N3O3S/c1-2-5(9(14)15)12-8(13)6-4-16-7(3-10)11-6/h4-5H,2-3,10H2,1H3,(H,12,13)(H,14,15)/t5-/m0/s1. The maximum atomic E-state index is 11.6. The number of nitrogens with one attached hydrogen (secondary N) is 1. The number of nitrogens with two attached hydrogens (primary N) is 1. The van der Waals surface area contributed by atoms with E-state index in [-0.39, 0.29) is 12.2 Å². The van der Waals surface area contributed by atoms with Crippen LogP contribution in [-0.4, -0.2) is 28.0 Å². The predicted octanol–water partition coefficient (Wildman–Crippen LogP) is 0.195. The van der Waals surface area contributed by atoms with Crippen molar-refractivity contribution >= 4 is 23.2 Å². The Morgan fingerprint density at radius 1 is 1.69 bits per heavy atom. The van der Waals surface area contributed by atoms with Crippen molar-refractivity contribution < 1.29 is 14.7 Å². The fourth-order valence-electron chi connectivity index (χ4n) is 1.08. The summed E-state index contributed by atoms with van der Waals surface area (Å²) in [5.41, 5.74) is 5.57. The van der Waals surface area contributed by atoms with E-state index >= 15 is 0 Å². The Bertz CT molecular complexity index is 391. The number of amides is 1. The Hall–Kier alpha value is -1.47. The molecule has 0 aliphatic carbocycles. The Kier molecular flexibility index (Phi) is 4.39. The highest BCUT2D eigenvalue weighted by Gasteiger charge is 2.19. The molecule has 16 heavy (non-hydrogen) atoms. The van der Waals surface area contributed by atoms with E-state index in [2.05, 4.69) is 10.3 Å². The first-order valence-corrected chi connectivity index (χ1v) is 5.64. The number of carboxylic acid groups (broad SMARTS) is 1. The number of hydrogen-bond donors (Lipinski definition) is 3. The van der Waals surface area contributed by atoms with Crippen molar-refractivity contribution in [1.29, 1.82) is 0 Å². The summed E-state index contributed by atoms with van der Waals surface area (Å²) in [6.07, 6.45) is 0.328. The molecule has 1 heterocycles. The smallest absolute Gasteiger partial charge is 0.326 e. The summed E-state index contributed by atoms with van der Waals surface area (Å²) in [7, 11) is 0. The van der Waals surface area contributed by atoms with Crippen LogP contribution in [-0.2, 0) is 11.3 Å². The van der Waals surface area contributed by atoms with E-state index in [0.717, 1.165) is 0 Å². The van der Waals surface area contributed by atoms with E-state index in [0.29, 0.717) is 11.4 Å². The van der Waals surface area contributed by atoms with Gasteiger partial charge in [-0.05, 0) is 6.42 Å². The maximum Gasteiger partial charge on any atom is 0.326 e. The average molecular weight is 243 g/mol. The lowest BCUT2D eigenvalue weighted by molar-refractivity contribution is -0.139.